The number of hydrogen-bond acceptors (Lipinski definition) is 1. The van der Waals surface area contributed by atoms with Crippen molar-refractivity contribution in [3.63, 3.8) is 0 Å². The predicted octanol–water partition coefficient (Wildman–Crippen LogP) is 4.19. The Morgan fingerprint density at radius 1 is 0.824 bits per heavy atom. The van der Waals surface area contributed by atoms with Gasteiger partial charge in [0.15, 0.2) is 0 Å². The Bertz CT molecular complexity index is 579. The van der Waals surface area contributed by atoms with Gasteiger partial charge < -0.3 is 4.74 Å². The van der Waals surface area contributed by atoms with Gasteiger partial charge in [-0.15, -0.1) is 0 Å². The normalized spacial score (nSPS) is 15.4. The van der Waals surface area contributed by atoms with Gasteiger partial charge in [-0.1, -0.05) is 54.6 Å². The van der Waals surface area contributed by atoms with Crippen molar-refractivity contribution in [2.24, 2.45) is 0 Å². The van der Waals surface area contributed by atoms with Gasteiger partial charge in [-0.25, -0.2) is 0 Å². The van der Waals surface area contributed by atoms with Crippen molar-refractivity contribution < 1.29 is 4.74 Å². The number of rotatable bonds is 1. The number of fused-ring (bicyclic) bond motifs is 1. The lowest BCUT2D eigenvalue weighted by Gasteiger charge is -2.14. The zero-order chi connectivity index (χ0) is 11.5. The van der Waals surface area contributed by atoms with Gasteiger partial charge in [-0.2, -0.15) is 0 Å². The minimum atomic E-state index is 0.898. The van der Waals surface area contributed by atoms with Crippen LogP contribution in [0.4, 0.5) is 0 Å². The van der Waals surface area contributed by atoms with E-state index >= 15 is 0 Å². The molecule has 0 saturated carbocycles. The third-order valence-electron chi connectivity index (χ3n) is 2.77. The van der Waals surface area contributed by atoms with Gasteiger partial charge in [0.1, 0.15) is 5.76 Å². The quantitative estimate of drug-likeness (QED) is 0.700. The molecular formula is C16H12O. The molecule has 2 aromatic rings. The van der Waals surface area contributed by atoms with Crippen LogP contribution in [0, 0.1) is 0 Å². The monoisotopic (exact) mass is 220 g/mol. The Balaban J connectivity index is 2.06. The minimum Gasteiger partial charge on any atom is -0.464 e. The molecule has 1 heterocycles. The topological polar surface area (TPSA) is 9.23 Å². The van der Waals surface area contributed by atoms with Crippen LogP contribution in [-0.4, -0.2) is 0 Å². The number of ether oxygens (including phenoxy) is 1. The van der Waals surface area contributed by atoms with Crippen LogP contribution < -0.4 is 0 Å². The molecule has 0 N–H and O–H groups in total. The Labute approximate surface area is 101 Å². The van der Waals surface area contributed by atoms with Crippen molar-refractivity contribution in [1.82, 2.24) is 0 Å². The summed E-state index contributed by atoms with van der Waals surface area (Å²) in [6.45, 7) is 0. The first kappa shape index (κ1) is 9.91. The second kappa shape index (κ2) is 4.30. The van der Waals surface area contributed by atoms with Crippen molar-refractivity contribution in [2.75, 3.05) is 0 Å². The fourth-order valence-electron chi connectivity index (χ4n) is 1.92. The van der Waals surface area contributed by atoms with E-state index in [4.69, 9.17) is 4.74 Å². The van der Waals surface area contributed by atoms with E-state index in [0.717, 1.165) is 16.9 Å². The maximum atomic E-state index is 5.59. The van der Waals surface area contributed by atoms with Crippen LogP contribution in [0.2, 0.25) is 0 Å². The summed E-state index contributed by atoms with van der Waals surface area (Å²) in [4.78, 5) is 0. The molecule has 0 unspecified atom stereocenters. The Morgan fingerprint density at radius 2 is 1.59 bits per heavy atom. The van der Waals surface area contributed by atoms with Crippen LogP contribution >= 0.6 is 0 Å². The zero-order valence-electron chi connectivity index (χ0n) is 9.34. The van der Waals surface area contributed by atoms with Crippen molar-refractivity contribution in [1.29, 1.82) is 0 Å². The second-order valence-corrected chi connectivity index (χ2v) is 3.93. The van der Waals surface area contributed by atoms with E-state index in [9.17, 15) is 0 Å². The van der Waals surface area contributed by atoms with E-state index in [1.807, 2.05) is 36.4 Å². The summed E-state index contributed by atoms with van der Waals surface area (Å²) in [5, 5.41) is 0. The molecular weight excluding hydrogens is 208 g/mol. The SMILES string of the molecule is C1=Cc2ccccc2C(=Cc2ccccc2)O1. The highest BCUT2D eigenvalue weighted by Gasteiger charge is 2.10. The van der Waals surface area contributed by atoms with E-state index in [0.29, 0.717) is 0 Å². The minimum absolute atomic E-state index is 0.898. The average Bonchev–Trinajstić information content (AvgIpc) is 2.40. The summed E-state index contributed by atoms with van der Waals surface area (Å²) >= 11 is 0. The second-order valence-electron chi connectivity index (χ2n) is 3.93. The summed E-state index contributed by atoms with van der Waals surface area (Å²) in [7, 11) is 0. The number of hydrogen-bond donors (Lipinski definition) is 0. The van der Waals surface area contributed by atoms with E-state index in [-0.39, 0.29) is 0 Å². The van der Waals surface area contributed by atoms with Crippen LogP contribution in [0.15, 0.2) is 60.9 Å². The lowest BCUT2D eigenvalue weighted by atomic mass is 10.0. The first-order valence-corrected chi connectivity index (χ1v) is 5.63. The lowest BCUT2D eigenvalue weighted by Crippen LogP contribution is -1.95. The summed E-state index contributed by atoms with van der Waals surface area (Å²) in [5.41, 5.74) is 3.48. The molecule has 0 radical (unpaired) electrons. The standard InChI is InChI=1S/C16H12O/c1-2-6-13(7-3-1)12-16-15-9-5-4-8-14(15)10-11-17-16/h1-12H. The van der Waals surface area contributed by atoms with E-state index < -0.39 is 0 Å². The molecule has 0 aromatic heterocycles. The van der Waals surface area contributed by atoms with E-state index in [1.54, 1.807) is 6.26 Å². The molecule has 0 atom stereocenters. The molecule has 1 aliphatic rings. The molecule has 0 bridgehead atoms. The van der Waals surface area contributed by atoms with Gasteiger partial charge in [0, 0.05) is 5.56 Å². The van der Waals surface area contributed by atoms with Crippen LogP contribution in [0.1, 0.15) is 16.7 Å². The van der Waals surface area contributed by atoms with Gasteiger partial charge in [-0.3, -0.25) is 0 Å². The van der Waals surface area contributed by atoms with Gasteiger partial charge in [0.2, 0.25) is 0 Å². The van der Waals surface area contributed by atoms with Crippen molar-refractivity contribution in [3.05, 3.63) is 77.5 Å². The van der Waals surface area contributed by atoms with Gasteiger partial charge >= 0.3 is 0 Å². The highest BCUT2D eigenvalue weighted by Crippen LogP contribution is 2.28. The van der Waals surface area contributed by atoms with Crippen molar-refractivity contribution >= 4 is 17.9 Å². The molecule has 0 amide bonds. The van der Waals surface area contributed by atoms with Crippen LogP contribution in [-0.2, 0) is 4.74 Å². The van der Waals surface area contributed by atoms with Crippen molar-refractivity contribution in [2.45, 2.75) is 0 Å². The third kappa shape index (κ3) is 2.00. The highest BCUT2D eigenvalue weighted by molar-refractivity contribution is 5.83. The Kier molecular flexibility index (Phi) is 2.51. The highest BCUT2D eigenvalue weighted by atomic mass is 16.5. The Hall–Kier alpha value is -2.28. The number of benzene rings is 2. The molecule has 17 heavy (non-hydrogen) atoms. The summed E-state index contributed by atoms with van der Waals surface area (Å²) in [6.07, 6.45) is 5.77. The van der Waals surface area contributed by atoms with Crippen LogP contribution in [0.5, 0.6) is 0 Å². The van der Waals surface area contributed by atoms with E-state index in [2.05, 4.69) is 30.3 Å². The smallest absolute Gasteiger partial charge is 0.134 e. The molecule has 2 aromatic carbocycles. The largest absolute Gasteiger partial charge is 0.464 e. The summed E-state index contributed by atoms with van der Waals surface area (Å²) < 4.78 is 5.59. The molecule has 0 aliphatic carbocycles. The molecule has 82 valence electrons. The van der Waals surface area contributed by atoms with Crippen LogP contribution in [0.3, 0.4) is 0 Å². The molecule has 0 spiro atoms. The van der Waals surface area contributed by atoms with E-state index in [1.165, 1.54) is 5.56 Å². The molecule has 1 heteroatoms. The average molecular weight is 220 g/mol. The van der Waals surface area contributed by atoms with Gasteiger partial charge in [-0.05, 0) is 23.3 Å². The Morgan fingerprint density at radius 3 is 2.47 bits per heavy atom. The third-order valence-corrected chi connectivity index (χ3v) is 2.77. The summed E-state index contributed by atoms with van der Waals surface area (Å²) in [5.74, 6) is 0.898. The summed E-state index contributed by atoms with van der Waals surface area (Å²) in [6, 6.07) is 18.4. The first-order valence-electron chi connectivity index (χ1n) is 5.63. The van der Waals surface area contributed by atoms with Crippen LogP contribution in [0.25, 0.3) is 17.9 Å². The predicted molar refractivity (Wildman–Crippen MR) is 70.9 cm³/mol. The molecule has 1 nitrogen and oxygen atoms in total. The molecule has 0 saturated heterocycles. The lowest BCUT2D eigenvalue weighted by molar-refractivity contribution is 0.439. The van der Waals surface area contributed by atoms with Gasteiger partial charge in [0.25, 0.3) is 0 Å². The molecule has 0 fully saturated rings. The maximum absolute atomic E-state index is 5.59. The molecule has 1 aliphatic heterocycles. The first-order chi connectivity index (χ1) is 8.43. The van der Waals surface area contributed by atoms with Crippen molar-refractivity contribution in [3.8, 4) is 0 Å². The maximum Gasteiger partial charge on any atom is 0.134 e. The zero-order valence-corrected chi connectivity index (χ0v) is 9.34. The van der Waals surface area contributed by atoms with Gasteiger partial charge in [0.05, 0.1) is 6.26 Å². The molecule has 3 rings (SSSR count). The fourth-order valence-corrected chi connectivity index (χ4v) is 1.92. The fraction of sp³-hybridized carbons (Fsp3) is 0.